The van der Waals surface area contributed by atoms with Gasteiger partial charge in [-0.1, -0.05) is 13.3 Å². The summed E-state index contributed by atoms with van der Waals surface area (Å²) in [6, 6.07) is -0.262. The minimum absolute atomic E-state index is 0.262. The molecule has 8 heteroatoms. The molecule has 2 rings (SSSR count). The lowest BCUT2D eigenvalue weighted by atomic mass is 9.75. The van der Waals surface area contributed by atoms with Crippen molar-refractivity contribution in [3.63, 3.8) is 0 Å². The molecule has 0 aromatic carbocycles. The van der Waals surface area contributed by atoms with Crippen LogP contribution in [0.25, 0.3) is 0 Å². The minimum atomic E-state index is -0.752. The fraction of sp³-hybridized carbons (Fsp3) is 0.692. The van der Waals surface area contributed by atoms with Gasteiger partial charge in [-0.05, 0) is 19.3 Å². The van der Waals surface area contributed by atoms with Gasteiger partial charge in [0.1, 0.15) is 6.33 Å². The zero-order valence-electron chi connectivity index (χ0n) is 12.4. The third-order valence-corrected chi connectivity index (χ3v) is 4.12. The Bertz CT molecular complexity index is 520. The van der Waals surface area contributed by atoms with Crippen molar-refractivity contribution in [3.8, 4) is 0 Å². The van der Waals surface area contributed by atoms with Crippen molar-refractivity contribution in [2.75, 3.05) is 18.4 Å². The third-order valence-electron chi connectivity index (χ3n) is 4.12. The topological polar surface area (TPSA) is 100 Å². The number of urea groups is 1. The summed E-state index contributed by atoms with van der Waals surface area (Å²) in [4.78, 5) is 29.2. The van der Waals surface area contributed by atoms with E-state index >= 15 is 0 Å². The van der Waals surface area contributed by atoms with Gasteiger partial charge in [-0.15, -0.1) is 0 Å². The molecule has 8 nitrogen and oxygen atoms in total. The third kappa shape index (κ3) is 3.14. The number of likely N-dealkylation sites (tertiary alicyclic amines) is 1. The highest BCUT2D eigenvalue weighted by Crippen LogP contribution is 2.36. The molecule has 2 amide bonds. The Kier molecular flexibility index (Phi) is 4.44. The van der Waals surface area contributed by atoms with E-state index in [1.54, 1.807) is 11.9 Å². The summed E-state index contributed by atoms with van der Waals surface area (Å²) < 4.78 is 1.47. The standard InChI is InChI=1S/C13H21N5O3/c1-3-4-13(10(19)20)5-7-18(8-6-13)12(21)16-11-14-9-15-17(11)2/h9H,3-8H2,1-2H3,(H,19,20)(H,14,15,16,21). The molecule has 0 unspecified atom stereocenters. The second kappa shape index (κ2) is 6.11. The maximum atomic E-state index is 12.1. The van der Waals surface area contributed by atoms with Crippen LogP contribution in [0.1, 0.15) is 32.6 Å². The Hall–Kier alpha value is -2.12. The van der Waals surface area contributed by atoms with Crippen molar-refractivity contribution in [2.45, 2.75) is 32.6 Å². The van der Waals surface area contributed by atoms with Crippen LogP contribution >= 0.6 is 0 Å². The fourth-order valence-corrected chi connectivity index (χ4v) is 2.77. The van der Waals surface area contributed by atoms with Crippen molar-refractivity contribution < 1.29 is 14.7 Å². The number of hydrogen-bond donors (Lipinski definition) is 2. The first kappa shape index (κ1) is 15.3. The normalized spacial score (nSPS) is 17.5. The summed E-state index contributed by atoms with van der Waals surface area (Å²) in [5.41, 5.74) is -0.684. The zero-order chi connectivity index (χ0) is 15.5. The van der Waals surface area contributed by atoms with Crippen LogP contribution in [0.4, 0.5) is 10.7 Å². The molecular weight excluding hydrogens is 274 g/mol. The number of rotatable bonds is 4. The van der Waals surface area contributed by atoms with Crippen molar-refractivity contribution >= 4 is 17.9 Å². The first-order valence-corrected chi connectivity index (χ1v) is 7.12. The molecular formula is C13H21N5O3. The quantitative estimate of drug-likeness (QED) is 0.872. The second-order valence-electron chi connectivity index (χ2n) is 5.46. The maximum absolute atomic E-state index is 12.1. The van der Waals surface area contributed by atoms with Crippen LogP contribution in [0.5, 0.6) is 0 Å². The van der Waals surface area contributed by atoms with E-state index in [2.05, 4.69) is 15.4 Å². The SMILES string of the molecule is CCCC1(C(=O)O)CCN(C(=O)Nc2ncnn2C)CC1. The summed E-state index contributed by atoms with van der Waals surface area (Å²) >= 11 is 0. The predicted octanol–water partition coefficient (Wildman–Crippen LogP) is 1.31. The number of carboxylic acid groups (broad SMARTS) is 1. The molecule has 0 aliphatic carbocycles. The summed E-state index contributed by atoms with van der Waals surface area (Å²) in [5.74, 6) is -0.374. The number of aromatic nitrogens is 3. The molecule has 1 aliphatic rings. The van der Waals surface area contributed by atoms with Gasteiger partial charge in [0.05, 0.1) is 5.41 Å². The molecule has 0 bridgehead atoms. The first-order valence-electron chi connectivity index (χ1n) is 7.12. The molecule has 21 heavy (non-hydrogen) atoms. The van der Waals surface area contributed by atoms with E-state index < -0.39 is 11.4 Å². The van der Waals surface area contributed by atoms with E-state index in [0.717, 1.165) is 6.42 Å². The predicted molar refractivity (Wildman–Crippen MR) is 75.8 cm³/mol. The van der Waals surface area contributed by atoms with Crippen molar-refractivity contribution in [2.24, 2.45) is 12.5 Å². The first-order chi connectivity index (χ1) is 9.98. The molecule has 1 aromatic heterocycles. The number of aryl methyl sites for hydroxylation is 1. The number of carbonyl (C=O) groups is 2. The van der Waals surface area contributed by atoms with E-state index in [0.29, 0.717) is 38.3 Å². The number of nitrogens with one attached hydrogen (secondary N) is 1. The van der Waals surface area contributed by atoms with Crippen LogP contribution in [0.15, 0.2) is 6.33 Å². The average Bonchev–Trinajstić information content (AvgIpc) is 2.85. The fourth-order valence-electron chi connectivity index (χ4n) is 2.77. The van der Waals surface area contributed by atoms with Crippen LogP contribution in [-0.4, -0.2) is 49.9 Å². The van der Waals surface area contributed by atoms with Gasteiger partial charge in [-0.3, -0.25) is 10.1 Å². The number of carboxylic acids is 1. The highest BCUT2D eigenvalue weighted by atomic mass is 16.4. The van der Waals surface area contributed by atoms with Crippen molar-refractivity contribution in [1.82, 2.24) is 19.7 Å². The molecule has 0 atom stereocenters. The lowest BCUT2D eigenvalue weighted by molar-refractivity contribution is -0.152. The molecule has 1 fully saturated rings. The zero-order valence-corrected chi connectivity index (χ0v) is 12.4. The molecule has 1 aliphatic heterocycles. The largest absolute Gasteiger partial charge is 0.481 e. The molecule has 116 valence electrons. The second-order valence-corrected chi connectivity index (χ2v) is 5.46. The van der Waals surface area contributed by atoms with Crippen LogP contribution in [0, 0.1) is 5.41 Å². The summed E-state index contributed by atoms with van der Waals surface area (Å²) in [6.45, 7) is 2.86. The van der Waals surface area contributed by atoms with Gasteiger partial charge in [0.25, 0.3) is 0 Å². The van der Waals surface area contributed by atoms with Crippen LogP contribution in [0.2, 0.25) is 0 Å². The summed E-state index contributed by atoms with van der Waals surface area (Å²) in [6.07, 6.45) is 3.83. The Labute approximate surface area is 123 Å². The van der Waals surface area contributed by atoms with Crippen molar-refractivity contribution in [1.29, 1.82) is 0 Å². The van der Waals surface area contributed by atoms with E-state index in [1.165, 1.54) is 11.0 Å². The van der Waals surface area contributed by atoms with E-state index in [4.69, 9.17) is 0 Å². The van der Waals surface area contributed by atoms with Crippen LogP contribution < -0.4 is 5.32 Å². The van der Waals surface area contributed by atoms with Gasteiger partial charge >= 0.3 is 12.0 Å². The van der Waals surface area contributed by atoms with Gasteiger partial charge < -0.3 is 10.0 Å². The van der Waals surface area contributed by atoms with E-state index in [1.807, 2.05) is 6.92 Å². The Morgan fingerprint density at radius 2 is 2.10 bits per heavy atom. The smallest absolute Gasteiger partial charge is 0.324 e. The van der Waals surface area contributed by atoms with Gasteiger partial charge in [-0.25, -0.2) is 9.48 Å². The van der Waals surface area contributed by atoms with E-state index in [9.17, 15) is 14.7 Å². The molecule has 0 radical (unpaired) electrons. The van der Waals surface area contributed by atoms with Gasteiger partial charge in [-0.2, -0.15) is 10.1 Å². The molecule has 0 spiro atoms. The molecule has 2 heterocycles. The highest BCUT2D eigenvalue weighted by Gasteiger charge is 2.41. The average molecular weight is 295 g/mol. The minimum Gasteiger partial charge on any atom is -0.481 e. The Morgan fingerprint density at radius 3 is 2.57 bits per heavy atom. The lowest BCUT2D eigenvalue weighted by Crippen LogP contribution is -2.48. The monoisotopic (exact) mass is 295 g/mol. The Balaban J connectivity index is 1.95. The van der Waals surface area contributed by atoms with Crippen molar-refractivity contribution in [3.05, 3.63) is 6.33 Å². The Morgan fingerprint density at radius 1 is 1.43 bits per heavy atom. The maximum Gasteiger partial charge on any atom is 0.324 e. The lowest BCUT2D eigenvalue weighted by Gasteiger charge is -2.38. The number of aliphatic carboxylic acids is 1. The number of piperidine rings is 1. The molecule has 2 N–H and O–H groups in total. The number of hydrogen-bond acceptors (Lipinski definition) is 4. The number of nitrogens with zero attached hydrogens (tertiary/aromatic N) is 4. The number of anilines is 1. The summed E-state index contributed by atoms with van der Waals surface area (Å²) in [7, 11) is 1.69. The summed E-state index contributed by atoms with van der Waals surface area (Å²) in [5, 5.41) is 16.0. The number of amides is 2. The highest BCUT2D eigenvalue weighted by molar-refractivity contribution is 5.87. The van der Waals surface area contributed by atoms with Gasteiger partial charge in [0, 0.05) is 20.1 Å². The van der Waals surface area contributed by atoms with E-state index in [-0.39, 0.29) is 6.03 Å². The number of carbonyl (C=O) groups excluding carboxylic acids is 1. The molecule has 1 aromatic rings. The molecule has 0 saturated carbocycles. The van der Waals surface area contributed by atoms with Gasteiger partial charge in [0.15, 0.2) is 0 Å². The van der Waals surface area contributed by atoms with Crippen LogP contribution in [0.3, 0.4) is 0 Å². The molecule has 1 saturated heterocycles. The van der Waals surface area contributed by atoms with Gasteiger partial charge in [0.2, 0.25) is 5.95 Å². The van der Waals surface area contributed by atoms with Crippen LogP contribution in [-0.2, 0) is 11.8 Å².